The Morgan fingerprint density at radius 3 is 2.60 bits per heavy atom. The molecule has 0 saturated heterocycles. The molecule has 2 heterocycles. The summed E-state index contributed by atoms with van der Waals surface area (Å²) in [4.78, 5) is 0.000981. The van der Waals surface area contributed by atoms with Crippen molar-refractivity contribution in [3.63, 3.8) is 0 Å². The molecule has 0 unspecified atom stereocenters. The molecule has 0 aliphatic carbocycles. The first-order valence-electron chi connectivity index (χ1n) is 9.67. The Balaban J connectivity index is 1.57. The van der Waals surface area contributed by atoms with Gasteiger partial charge in [-0.15, -0.1) is 15.3 Å². The largest absolute Gasteiger partial charge is 0.379 e. The van der Waals surface area contributed by atoms with Gasteiger partial charge in [-0.2, -0.15) is 4.52 Å². The quantitative estimate of drug-likeness (QED) is 0.442. The smallest absolute Gasteiger partial charge is 0.240 e. The molecule has 0 spiro atoms. The third-order valence-electron chi connectivity index (χ3n) is 4.17. The van der Waals surface area contributed by atoms with E-state index in [1.54, 1.807) is 10.6 Å². The van der Waals surface area contributed by atoms with Crippen LogP contribution in [0, 0.1) is 5.82 Å². The van der Waals surface area contributed by atoms with E-state index in [-0.39, 0.29) is 17.5 Å². The SMILES string of the molecule is CC(C)OCCCNc1ccc2nnc(CCNS(=O)(=O)c3ccc(F)cc3)n2n1. The van der Waals surface area contributed by atoms with Gasteiger partial charge in [-0.05, 0) is 56.7 Å². The third kappa shape index (κ3) is 5.94. The molecule has 2 aromatic heterocycles. The predicted octanol–water partition coefficient (Wildman–Crippen LogP) is 2.01. The van der Waals surface area contributed by atoms with Crippen LogP contribution in [-0.2, 0) is 21.2 Å². The highest BCUT2D eigenvalue weighted by Crippen LogP contribution is 2.11. The van der Waals surface area contributed by atoms with Gasteiger partial charge in [0.15, 0.2) is 11.5 Å². The summed E-state index contributed by atoms with van der Waals surface area (Å²) < 4.78 is 47.1. The van der Waals surface area contributed by atoms with Crippen molar-refractivity contribution < 1.29 is 17.5 Å². The van der Waals surface area contributed by atoms with E-state index in [2.05, 4.69) is 25.3 Å². The van der Waals surface area contributed by atoms with E-state index >= 15 is 0 Å². The number of benzene rings is 1. The van der Waals surface area contributed by atoms with E-state index in [0.29, 0.717) is 36.9 Å². The number of nitrogens with zero attached hydrogens (tertiary/aromatic N) is 4. The van der Waals surface area contributed by atoms with Crippen LogP contribution in [0.25, 0.3) is 5.65 Å². The summed E-state index contributed by atoms with van der Waals surface area (Å²) in [6.07, 6.45) is 1.35. The van der Waals surface area contributed by atoms with Gasteiger partial charge >= 0.3 is 0 Å². The van der Waals surface area contributed by atoms with Gasteiger partial charge in [0, 0.05) is 26.1 Å². The van der Waals surface area contributed by atoms with Crippen LogP contribution in [0.15, 0.2) is 41.3 Å². The summed E-state index contributed by atoms with van der Waals surface area (Å²) in [6, 6.07) is 8.25. The lowest BCUT2D eigenvalue weighted by molar-refractivity contribution is 0.0787. The zero-order valence-corrected chi connectivity index (χ0v) is 17.7. The number of hydrogen-bond acceptors (Lipinski definition) is 7. The highest BCUT2D eigenvalue weighted by molar-refractivity contribution is 7.89. The Labute approximate surface area is 174 Å². The van der Waals surface area contributed by atoms with Gasteiger partial charge in [0.1, 0.15) is 11.6 Å². The predicted molar refractivity (Wildman–Crippen MR) is 110 cm³/mol. The first kappa shape index (κ1) is 22.1. The topological polar surface area (TPSA) is 111 Å². The standard InChI is InChI=1S/C19H25FN6O3S/c1-14(2)29-13-3-11-21-17-8-9-18-23-24-19(26(18)25-17)10-12-22-30(27,28)16-6-4-15(20)5-7-16/h4-9,14,22H,3,10-13H2,1-2H3,(H,21,25). The Morgan fingerprint density at radius 1 is 1.10 bits per heavy atom. The summed E-state index contributed by atoms with van der Waals surface area (Å²) in [5.41, 5.74) is 0.570. The summed E-state index contributed by atoms with van der Waals surface area (Å²) in [5, 5.41) is 15.8. The van der Waals surface area contributed by atoms with Gasteiger partial charge in [-0.3, -0.25) is 0 Å². The van der Waals surface area contributed by atoms with Crippen molar-refractivity contribution in [3.05, 3.63) is 48.0 Å². The van der Waals surface area contributed by atoms with Gasteiger partial charge in [0.05, 0.1) is 11.0 Å². The number of rotatable bonds is 11. The van der Waals surface area contributed by atoms with Crippen molar-refractivity contribution in [2.24, 2.45) is 0 Å². The van der Waals surface area contributed by atoms with Gasteiger partial charge < -0.3 is 10.1 Å². The lowest BCUT2D eigenvalue weighted by Gasteiger charge is -2.09. The van der Waals surface area contributed by atoms with E-state index in [0.717, 1.165) is 18.6 Å². The van der Waals surface area contributed by atoms with Crippen LogP contribution in [0.4, 0.5) is 10.2 Å². The van der Waals surface area contributed by atoms with Gasteiger partial charge in [-0.1, -0.05) is 0 Å². The molecule has 1 aromatic carbocycles. The van der Waals surface area contributed by atoms with Gasteiger partial charge in [-0.25, -0.2) is 17.5 Å². The number of sulfonamides is 1. The monoisotopic (exact) mass is 436 g/mol. The van der Waals surface area contributed by atoms with Crippen molar-refractivity contribution in [1.29, 1.82) is 0 Å². The van der Waals surface area contributed by atoms with Gasteiger partial charge in [0.25, 0.3) is 0 Å². The molecule has 3 rings (SSSR count). The Kier molecular flexibility index (Phi) is 7.29. The molecule has 162 valence electrons. The molecule has 11 heteroatoms. The minimum atomic E-state index is -3.73. The third-order valence-corrected chi connectivity index (χ3v) is 5.65. The van der Waals surface area contributed by atoms with E-state index in [1.165, 1.54) is 12.1 Å². The molecule has 0 aliphatic rings. The minimum Gasteiger partial charge on any atom is -0.379 e. The van der Waals surface area contributed by atoms with Crippen molar-refractivity contribution in [2.45, 2.75) is 37.7 Å². The average molecular weight is 437 g/mol. The maximum absolute atomic E-state index is 13.0. The summed E-state index contributed by atoms with van der Waals surface area (Å²) in [5.74, 6) is 0.699. The normalized spacial score (nSPS) is 12.0. The molecule has 0 bridgehead atoms. The van der Waals surface area contributed by atoms with Crippen LogP contribution in [0.5, 0.6) is 0 Å². The number of fused-ring (bicyclic) bond motifs is 1. The lowest BCUT2D eigenvalue weighted by Crippen LogP contribution is -2.26. The van der Waals surface area contributed by atoms with Crippen LogP contribution in [-0.4, -0.2) is 54.0 Å². The Hall–Kier alpha value is -2.63. The summed E-state index contributed by atoms with van der Waals surface area (Å²) in [6.45, 7) is 5.47. The first-order chi connectivity index (χ1) is 14.3. The minimum absolute atomic E-state index is 0.000981. The fourth-order valence-electron chi connectivity index (χ4n) is 2.69. The van der Waals surface area contributed by atoms with Crippen LogP contribution >= 0.6 is 0 Å². The number of anilines is 1. The van der Waals surface area contributed by atoms with E-state index in [1.807, 2.05) is 19.9 Å². The molecule has 3 aromatic rings. The molecule has 0 atom stereocenters. The Morgan fingerprint density at radius 2 is 1.87 bits per heavy atom. The highest BCUT2D eigenvalue weighted by atomic mass is 32.2. The molecule has 2 N–H and O–H groups in total. The van der Waals surface area contributed by atoms with Crippen molar-refractivity contribution >= 4 is 21.5 Å². The highest BCUT2D eigenvalue weighted by Gasteiger charge is 2.15. The molecule has 0 saturated carbocycles. The fourth-order valence-corrected chi connectivity index (χ4v) is 3.72. The van der Waals surface area contributed by atoms with E-state index in [9.17, 15) is 12.8 Å². The second-order valence-corrected chi connectivity index (χ2v) is 8.67. The van der Waals surface area contributed by atoms with Crippen molar-refractivity contribution in [3.8, 4) is 0 Å². The van der Waals surface area contributed by atoms with Crippen LogP contribution in [0.2, 0.25) is 0 Å². The summed E-state index contributed by atoms with van der Waals surface area (Å²) >= 11 is 0. The summed E-state index contributed by atoms with van der Waals surface area (Å²) in [7, 11) is -3.73. The molecule has 9 nitrogen and oxygen atoms in total. The zero-order chi connectivity index (χ0) is 21.6. The zero-order valence-electron chi connectivity index (χ0n) is 16.9. The molecule has 0 fully saturated rings. The number of halogens is 1. The van der Waals surface area contributed by atoms with Crippen LogP contribution in [0.3, 0.4) is 0 Å². The molecule has 0 amide bonds. The maximum Gasteiger partial charge on any atom is 0.240 e. The Bertz CT molecular complexity index is 1070. The number of aromatic nitrogens is 4. The average Bonchev–Trinajstić information content (AvgIpc) is 3.10. The second kappa shape index (κ2) is 9.92. The molecular formula is C19H25FN6O3S. The first-order valence-corrected chi connectivity index (χ1v) is 11.2. The number of nitrogens with one attached hydrogen (secondary N) is 2. The van der Waals surface area contributed by atoms with Crippen LogP contribution in [0.1, 0.15) is 26.1 Å². The van der Waals surface area contributed by atoms with Crippen LogP contribution < -0.4 is 10.0 Å². The molecular weight excluding hydrogens is 411 g/mol. The number of hydrogen-bond donors (Lipinski definition) is 2. The van der Waals surface area contributed by atoms with Crippen molar-refractivity contribution in [2.75, 3.05) is 25.0 Å². The van der Waals surface area contributed by atoms with E-state index < -0.39 is 15.8 Å². The van der Waals surface area contributed by atoms with Gasteiger partial charge in [0.2, 0.25) is 10.0 Å². The molecule has 0 radical (unpaired) electrons. The lowest BCUT2D eigenvalue weighted by atomic mass is 10.4. The number of ether oxygens (including phenoxy) is 1. The molecule has 0 aliphatic heterocycles. The van der Waals surface area contributed by atoms with E-state index in [4.69, 9.17) is 4.74 Å². The maximum atomic E-state index is 13.0. The van der Waals surface area contributed by atoms with Crippen molar-refractivity contribution in [1.82, 2.24) is 24.5 Å². The molecule has 30 heavy (non-hydrogen) atoms. The fraction of sp³-hybridized carbons (Fsp3) is 0.421. The second-order valence-electron chi connectivity index (χ2n) is 6.91.